The number of halogens is 6. The second-order valence-electron chi connectivity index (χ2n) is 12.9. The zero-order chi connectivity index (χ0) is 34.8. The molecule has 0 aliphatic rings. The van der Waals surface area contributed by atoms with Crippen molar-refractivity contribution < 1.29 is 48.8 Å². The number of carbonyl (C=O) groups is 1. The molecule has 0 heterocycles. The Balaban J connectivity index is 3.65. The van der Waals surface area contributed by atoms with Crippen molar-refractivity contribution in [2.45, 2.75) is 205 Å². The molecule has 0 spiro atoms. The van der Waals surface area contributed by atoms with E-state index in [1.54, 1.807) is 0 Å². The molecule has 0 unspecified atom stereocenters. The van der Waals surface area contributed by atoms with E-state index in [2.05, 4.69) is 11.7 Å². The standard InChI is InChI=1S/C34H62F6O5S/c1-2-3-4-5-6-7-8-9-10-11-12-13-14-15-16-17-18-19-20-21-22-23-24-25-26-27-28-29-31(41)45-32(33(35,36)37,34(38,39)40)30-46(42,43)44/h2-30H2,1H3,(H,42,43,44)/p-1. The first-order valence-corrected chi connectivity index (χ1v) is 19.5. The van der Waals surface area contributed by atoms with Crippen LogP contribution >= 0.6 is 0 Å². The van der Waals surface area contributed by atoms with Crippen LogP contribution in [0.15, 0.2) is 0 Å². The van der Waals surface area contributed by atoms with Gasteiger partial charge in [-0.05, 0) is 6.42 Å². The normalized spacial score (nSPS) is 13.0. The Morgan fingerprint density at radius 3 is 0.957 bits per heavy atom. The number of ether oxygens (including phenoxy) is 1. The van der Waals surface area contributed by atoms with Gasteiger partial charge in [0.1, 0.15) is 0 Å². The predicted molar refractivity (Wildman–Crippen MR) is 170 cm³/mol. The van der Waals surface area contributed by atoms with Crippen LogP contribution in [0.25, 0.3) is 0 Å². The van der Waals surface area contributed by atoms with E-state index in [4.69, 9.17) is 0 Å². The summed E-state index contributed by atoms with van der Waals surface area (Å²) in [5.41, 5.74) is -5.39. The van der Waals surface area contributed by atoms with E-state index in [1.807, 2.05) is 0 Å². The molecule has 0 bridgehead atoms. The Labute approximate surface area is 275 Å². The summed E-state index contributed by atoms with van der Waals surface area (Å²) in [5.74, 6) is -4.81. The number of carbonyl (C=O) groups excluding carboxylic acids is 1. The van der Waals surface area contributed by atoms with Gasteiger partial charge in [-0.2, -0.15) is 26.3 Å². The lowest BCUT2D eigenvalue weighted by Gasteiger charge is -2.36. The molecule has 276 valence electrons. The minimum atomic E-state index is -6.33. The van der Waals surface area contributed by atoms with Crippen LogP contribution < -0.4 is 0 Å². The number of unbranched alkanes of at least 4 members (excludes halogenated alkanes) is 26. The molecule has 0 aromatic rings. The van der Waals surface area contributed by atoms with Crippen LogP contribution in [0.4, 0.5) is 26.3 Å². The third-order valence-corrected chi connectivity index (χ3v) is 9.33. The number of hydrogen-bond acceptors (Lipinski definition) is 5. The number of rotatable bonds is 31. The molecule has 0 atom stereocenters. The highest BCUT2D eigenvalue weighted by atomic mass is 32.2. The predicted octanol–water partition coefficient (Wildman–Crippen LogP) is 11.9. The largest absolute Gasteiger partial charge is 0.748 e. The van der Waals surface area contributed by atoms with Gasteiger partial charge in [0.25, 0.3) is 0 Å². The van der Waals surface area contributed by atoms with Crippen molar-refractivity contribution >= 4 is 16.1 Å². The van der Waals surface area contributed by atoms with Crippen LogP contribution in [0.1, 0.15) is 187 Å². The summed E-state index contributed by atoms with van der Waals surface area (Å²) in [6, 6.07) is 0. The molecular weight excluding hydrogens is 634 g/mol. The second-order valence-corrected chi connectivity index (χ2v) is 14.3. The van der Waals surface area contributed by atoms with Gasteiger partial charge in [0.15, 0.2) is 0 Å². The maximum absolute atomic E-state index is 13.2. The van der Waals surface area contributed by atoms with Crippen LogP contribution in [0.2, 0.25) is 0 Å². The smallest absolute Gasteiger partial charge is 0.438 e. The van der Waals surface area contributed by atoms with E-state index in [1.165, 1.54) is 128 Å². The summed E-state index contributed by atoms with van der Waals surface area (Å²) in [4.78, 5) is 11.8. The van der Waals surface area contributed by atoms with Crippen molar-refractivity contribution in [3.63, 3.8) is 0 Å². The average Bonchev–Trinajstić information content (AvgIpc) is 2.94. The molecule has 0 rings (SSSR count). The molecule has 0 amide bonds. The summed E-state index contributed by atoms with van der Waals surface area (Å²) in [6.45, 7) is 2.26. The van der Waals surface area contributed by atoms with Crippen molar-refractivity contribution in [2.75, 3.05) is 5.75 Å². The maximum atomic E-state index is 13.2. The van der Waals surface area contributed by atoms with Gasteiger partial charge < -0.3 is 9.29 Å². The van der Waals surface area contributed by atoms with E-state index in [0.29, 0.717) is 12.8 Å². The van der Waals surface area contributed by atoms with Gasteiger partial charge in [0, 0.05) is 6.42 Å². The fourth-order valence-electron chi connectivity index (χ4n) is 5.73. The Bertz CT molecular complexity index is 832. The number of alkyl halides is 6. The SMILES string of the molecule is CCCCCCCCCCCCCCCCCCCCCCCCCCCCCC(=O)OC(CS(=O)(=O)[O-])(C(F)(F)F)C(F)(F)F. The quantitative estimate of drug-likeness (QED) is 0.0312. The van der Waals surface area contributed by atoms with Crippen molar-refractivity contribution in [3.8, 4) is 0 Å². The third-order valence-electron chi connectivity index (χ3n) is 8.57. The Kier molecular flexibility index (Phi) is 25.3. The Morgan fingerprint density at radius 2 is 0.739 bits per heavy atom. The number of hydrogen-bond donors (Lipinski definition) is 0. The van der Waals surface area contributed by atoms with Gasteiger partial charge in [0.2, 0.25) is 0 Å². The van der Waals surface area contributed by atoms with Crippen LogP contribution in [0.3, 0.4) is 0 Å². The first kappa shape index (κ1) is 45.0. The molecule has 0 radical (unpaired) electrons. The van der Waals surface area contributed by atoms with Crippen LogP contribution in [-0.2, 0) is 19.6 Å². The molecular formula is C34H61F6O5S-. The summed E-state index contributed by atoms with van der Waals surface area (Å²) >= 11 is 0. The molecule has 0 aliphatic carbocycles. The molecule has 0 fully saturated rings. The lowest BCUT2D eigenvalue weighted by atomic mass is 10.0. The van der Waals surface area contributed by atoms with Gasteiger partial charge >= 0.3 is 23.9 Å². The molecule has 0 saturated heterocycles. The Morgan fingerprint density at radius 1 is 0.500 bits per heavy atom. The van der Waals surface area contributed by atoms with E-state index >= 15 is 0 Å². The van der Waals surface area contributed by atoms with E-state index in [9.17, 15) is 44.1 Å². The minimum Gasteiger partial charge on any atom is -0.748 e. The zero-order valence-electron chi connectivity index (χ0n) is 28.2. The fraction of sp³-hybridized carbons (Fsp3) is 0.971. The van der Waals surface area contributed by atoms with Gasteiger partial charge in [-0.1, -0.05) is 174 Å². The van der Waals surface area contributed by atoms with Gasteiger partial charge in [-0.15, -0.1) is 0 Å². The second kappa shape index (κ2) is 25.9. The number of esters is 1. The Hall–Kier alpha value is -1.04. The van der Waals surface area contributed by atoms with Crippen molar-refractivity contribution in [1.82, 2.24) is 0 Å². The minimum absolute atomic E-state index is 0.00584. The van der Waals surface area contributed by atoms with Crippen LogP contribution in [0, 0.1) is 0 Å². The molecule has 0 aromatic heterocycles. The monoisotopic (exact) mass is 695 g/mol. The van der Waals surface area contributed by atoms with Crippen molar-refractivity contribution in [1.29, 1.82) is 0 Å². The summed E-state index contributed by atoms with van der Waals surface area (Å²) < 4.78 is 115. The highest BCUT2D eigenvalue weighted by Gasteiger charge is 2.75. The van der Waals surface area contributed by atoms with E-state index in [-0.39, 0.29) is 6.42 Å². The van der Waals surface area contributed by atoms with Gasteiger partial charge in [-0.3, -0.25) is 4.79 Å². The van der Waals surface area contributed by atoms with Crippen molar-refractivity contribution in [2.24, 2.45) is 0 Å². The third kappa shape index (κ3) is 23.3. The molecule has 0 N–H and O–H groups in total. The van der Waals surface area contributed by atoms with Crippen molar-refractivity contribution in [3.05, 3.63) is 0 Å². The highest BCUT2D eigenvalue weighted by molar-refractivity contribution is 7.85. The zero-order valence-corrected chi connectivity index (χ0v) is 29.0. The fourth-order valence-corrected chi connectivity index (χ4v) is 6.61. The molecule has 0 aliphatic heterocycles. The van der Waals surface area contributed by atoms with Crippen LogP contribution in [-0.4, -0.2) is 42.6 Å². The topological polar surface area (TPSA) is 83.5 Å². The highest BCUT2D eigenvalue weighted by Crippen LogP contribution is 2.47. The van der Waals surface area contributed by atoms with Gasteiger partial charge in [-0.25, -0.2) is 8.42 Å². The maximum Gasteiger partial charge on any atom is 0.438 e. The molecule has 0 saturated carbocycles. The summed E-state index contributed by atoms with van der Waals surface area (Å²) in [7, 11) is -6.02. The van der Waals surface area contributed by atoms with Gasteiger partial charge in [0.05, 0.1) is 15.9 Å². The summed E-state index contributed by atoms with van der Waals surface area (Å²) in [6.07, 6.45) is 18.5. The first-order valence-electron chi connectivity index (χ1n) is 17.9. The van der Waals surface area contributed by atoms with E-state index in [0.717, 1.165) is 25.7 Å². The summed E-state index contributed by atoms with van der Waals surface area (Å²) in [5, 5.41) is 0. The molecule has 5 nitrogen and oxygen atoms in total. The molecule has 46 heavy (non-hydrogen) atoms. The lowest BCUT2D eigenvalue weighted by Crippen LogP contribution is -2.63. The average molecular weight is 696 g/mol. The molecule has 0 aromatic carbocycles. The molecule has 12 heteroatoms. The van der Waals surface area contributed by atoms with E-state index < -0.39 is 46.2 Å². The lowest BCUT2D eigenvalue weighted by molar-refractivity contribution is -0.361. The first-order chi connectivity index (χ1) is 21.7. The van der Waals surface area contributed by atoms with Crippen LogP contribution in [0.5, 0.6) is 0 Å².